The van der Waals surface area contributed by atoms with Crippen LogP contribution in [-0.4, -0.2) is 16.8 Å². The van der Waals surface area contributed by atoms with Crippen molar-refractivity contribution in [1.29, 1.82) is 0 Å². The van der Waals surface area contributed by atoms with Crippen LogP contribution in [0.15, 0.2) is 12.3 Å². The van der Waals surface area contributed by atoms with Crippen LogP contribution in [0.2, 0.25) is 0 Å². The second-order valence-electron chi connectivity index (χ2n) is 2.78. The van der Waals surface area contributed by atoms with Crippen LogP contribution in [0.4, 0.5) is 0 Å². The first-order valence-corrected chi connectivity index (χ1v) is 4.62. The van der Waals surface area contributed by atoms with Crippen molar-refractivity contribution in [3.05, 3.63) is 22.7 Å². The number of H-pyrrole nitrogens is 1. The minimum atomic E-state index is -0.519. The molecule has 5 nitrogen and oxygen atoms in total. The molecule has 0 spiro atoms. The number of amides is 2. The molecule has 0 saturated heterocycles. The number of fused-ring (bicyclic) bond motifs is 1. The molecule has 14 heavy (non-hydrogen) atoms. The predicted octanol–water partition coefficient (Wildman–Crippen LogP) is 0.427. The Balaban J connectivity index is 2.67. The van der Waals surface area contributed by atoms with Gasteiger partial charge >= 0.3 is 0 Å². The first-order valence-electron chi connectivity index (χ1n) is 3.80. The zero-order valence-corrected chi connectivity index (χ0v) is 7.85. The van der Waals surface area contributed by atoms with E-state index < -0.39 is 11.8 Å². The fourth-order valence-electron chi connectivity index (χ4n) is 1.22. The van der Waals surface area contributed by atoms with E-state index in [1.165, 1.54) is 6.20 Å². The van der Waals surface area contributed by atoms with Crippen LogP contribution >= 0.6 is 11.3 Å². The molecular formula is C8H7N3O2S. The van der Waals surface area contributed by atoms with Gasteiger partial charge in [0.05, 0.1) is 20.7 Å². The summed E-state index contributed by atoms with van der Waals surface area (Å²) in [6.07, 6.45) is 1.52. The van der Waals surface area contributed by atoms with Gasteiger partial charge < -0.3 is 16.5 Å². The van der Waals surface area contributed by atoms with Crippen LogP contribution in [0.3, 0.4) is 0 Å². The lowest BCUT2D eigenvalue weighted by Gasteiger charge is -1.87. The zero-order valence-electron chi connectivity index (χ0n) is 7.03. The Kier molecular flexibility index (Phi) is 1.78. The quantitative estimate of drug-likeness (QED) is 0.667. The van der Waals surface area contributed by atoms with Gasteiger partial charge in [-0.3, -0.25) is 9.59 Å². The van der Waals surface area contributed by atoms with Crippen molar-refractivity contribution in [2.24, 2.45) is 11.5 Å². The van der Waals surface area contributed by atoms with E-state index in [4.69, 9.17) is 11.5 Å². The van der Waals surface area contributed by atoms with E-state index in [2.05, 4.69) is 4.98 Å². The standard InChI is InChI=1S/C8H7N3O2S/c9-7(12)3-2-11-4-1-5(8(10)13)14-6(3)4/h1-2,11H,(H2,9,12)(H2,10,13). The fraction of sp³-hybridized carbons (Fsp3) is 0. The summed E-state index contributed by atoms with van der Waals surface area (Å²) in [6, 6.07) is 1.61. The number of thiophene rings is 1. The molecule has 0 aliphatic heterocycles. The number of carbonyl (C=O) groups excluding carboxylic acids is 2. The first-order chi connectivity index (χ1) is 6.59. The summed E-state index contributed by atoms with van der Waals surface area (Å²) < 4.78 is 0.673. The second kappa shape index (κ2) is 2.85. The highest BCUT2D eigenvalue weighted by molar-refractivity contribution is 7.21. The molecule has 2 aromatic heterocycles. The molecule has 0 aliphatic carbocycles. The Morgan fingerprint density at radius 3 is 2.57 bits per heavy atom. The largest absolute Gasteiger partial charge is 0.366 e. The Morgan fingerprint density at radius 2 is 2.00 bits per heavy atom. The van der Waals surface area contributed by atoms with Crippen LogP contribution in [0.1, 0.15) is 20.0 Å². The molecule has 0 saturated carbocycles. The predicted molar refractivity (Wildman–Crippen MR) is 53.2 cm³/mol. The van der Waals surface area contributed by atoms with Crippen molar-refractivity contribution in [1.82, 2.24) is 4.98 Å². The maximum atomic E-state index is 10.9. The normalized spacial score (nSPS) is 10.6. The Morgan fingerprint density at radius 1 is 1.29 bits per heavy atom. The second-order valence-corrected chi connectivity index (χ2v) is 3.84. The van der Waals surface area contributed by atoms with E-state index in [1.807, 2.05) is 0 Å². The zero-order chi connectivity index (χ0) is 10.3. The van der Waals surface area contributed by atoms with Crippen LogP contribution in [0.5, 0.6) is 0 Å². The molecule has 0 unspecified atom stereocenters. The molecule has 0 aromatic carbocycles. The summed E-state index contributed by atoms with van der Waals surface area (Å²) in [5, 5.41) is 0. The smallest absolute Gasteiger partial charge is 0.258 e. The highest BCUT2D eigenvalue weighted by Gasteiger charge is 2.14. The summed E-state index contributed by atoms with van der Waals surface area (Å²) in [5.41, 5.74) is 11.3. The van der Waals surface area contributed by atoms with E-state index in [0.29, 0.717) is 20.7 Å². The maximum Gasteiger partial charge on any atom is 0.258 e. The van der Waals surface area contributed by atoms with Crippen molar-refractivity contribution < 1.29 is 9.59 Å². The lowest BCUT2D eigenvalue weighted by Crippen LogP contribution is -2.10. The molecule has 2 aromatic rings. The topological polar surface area (TPSA) is 102 Å². The van der Waals surface area contributed by atoms with Crippen molar-refractivity contribution >= 4 is 33.4 Å². The molecule has 5 N–H and O–H groups in total. The molecule has 0 aliphatic rings. The Labute approximate surface area is 82.7 Å². The lowest BCUT2D eigenvalue weighted by atomic mass is 10.3. The van der Waals surface area contributed by atoms with E-state index in [9.17, 15) is 9.59 Å². The average Bonchev–Trinajstić information content (AvgIpc) is 2.58. The fourth-order valence-corrected chi connectivity index (χ4v) is 2.21. The van der Waals surface area contributed by atoms with Gasteiger partial charge in [-0.25, -0.2) is 0 Å². The summed E-state index contributed by atoms with van der Waals surface area (Å²) in [7, 11) is 0. The van der Waals surface area contributed by atoms with E-state index in [0.717, 1.165) is 11.3 Å². The third kappa shape index (κ3) is 1.16. The van der Waals surface area contributed by atoms with Crippen LogP contribution in [-0.2, 0) is 0 Å². The van der Waals surface area contributed by atoms with Crippen molar-refractivity contribution in [3.8, 4) is 0 Å². The maximum absolute atomic E-state index is 10.9. The third-order valence-electron chi connectivity index (χ3n) is 1.86. The number of carbonyl (C=O) groups is 2. The molecule has 2 heterocycles. The van der Waals surface area contributed by atoms with Gasteiger partial charge in [-0.2, -0.15) is 0 Å². The number of aromatic amines is 1. The highest BCUT2D eigenvalue weighted by Crippen LogP contribution is 2.27. The van der Waals surface area contributed by atoms with Crippen LogP contribution < -0.4 is 11.5 Å². The van der Waals surface area contributed by atoms with E-state index in [-0.39, 0.29) is 0 Å². The van der Waals surface area contributed by atoms with Gasteiger partial charge in [0, 0.05) is 6.20 Å². The van der Waals surface area contributed by atoms with Gasteiger partial charge in [-0.1, -0.05) is 0 Å². The third-order valence-corrected chi connectivity index (χ3v) is 3.04. The number of primary amides is 2. The Hall–Kier alpha value is -1.82. The number of hydrogen-bond acceptors (Lipinski definition) is 3. The van der Waals surface area contributed by atoms with Crippen molar-refractivity contribution in [2.75, 3.05) is 0 Å². The number of rotatable bonds is 2. The molecule has 0 fully saturated rings. The Bertz CT molecular complexity index is 526. The van der Waals surface area contributed by atoms with Gasteiger partial charge in [0.2, 0.25) is 0 Å². The van der Waals surface area contributed by atoms with Gasteiger partial charge in [-0.05, 0) is 6.07 Å². The molecule has 0 bridgehead atoms. The first kappa shape index (κ1) is 8.76. The van der Waals surface area contributed by atoms with Gasteiger partial charge in [-0.15, -0.1) is 11.3 Å². The van der Waals surface area contributed by atoms with Crippen LogP contribution in [0, 0.1) is 0 Å². The van der Waals surface area contributed by atoms with E-state index in [1.54, 1.807) is 6.07 Å². The van der Waals surface area contributed by atoms with Gasteiger partial charge in [0.15, 0.2) is 0 Å². The van der Waals surface area contributed by atoms with Gasteiger partial charge in [0.25, 0.3) is 11.8 Å². The molecule has 72 valence electrons. The van der Waals surface area contributed by atoms with E-state index >= 15 is 0 Å². The number of aromatic nitrogens is 1. The molecular weight excluding hydrogens is 202 g/mol. The van der Waals surface area contributed by atoms with Crippen molar-refractivity contribution in [3.63, 3.8) is 0 Å². The summed E-state index contributed by atoms with van der Waals surface area (Å²) in [5.74, 6) is -1.02. The number of nitrogens with two attached hydrogens (primary N) is 2. The molecule has 2 rings (SSSR count). The number of nitrogens with one attached hydrogen (secondary N) is 1. The highest BCUT2D eigenvalue weighted by atomic mass is 32.1. The summed E-state index contributed by atoms with van der Waals surface area (Å²) >= 11 is 1.16. The lowest BCUT2D eigenvalue weighted by molar-refractivity contribution is 0.0994. The minimum absolute atomic E-state index is 0.387. The molecule has 6 heteroatoms. The molecule has 2 amide bonds. The SMILES string of the molecule is NC(=O)c1cc2[nH]cc(C(N)=O)c2s1. The summed E-state index contributed by atoms with van der Waals surface area (Å²) in [4.78, 5) is 25.1. The van der Waals surface area contributed by atoms with Gasteiger partial charge in [0.1, 0.15) is 0 Å². The number of hydrogen-bond donors (Lipinski definition) is 3. The van der Waals surface area contributed by atoms with Crippen LogP contribution in [0.25, 0.3) is 10.2 Å². The molecule has 0 radical (unpaired) electrons. The monoisotopic (exact) mass is 209 g/mol. The molecule has 0 atom stereocenters. The summed E-state index contributed by atoms with van der Waals surface area (Å²) in [6.45, 7) is 0. The van der Waals surface area contributed by atoms with Crippen molar-refractivity contribution in [2.45, 2.75) is 0 Å². The average molecular weight is 209 g/mol. The minimum Gasteiger partial charge on any atom is -0.366 e.